The van der Waals surface area contributed by atoms with Crippen LogP contribution in [-0.4, -0.2) is 39.5 Å². The van der Waals surface area contributed by atoms with Crippen molar-refractivity contribution in [2.75, 3.05) is 13.1 Å². The van der Waals surface area contributed by atoms with Crippen molar-refractivity contribution in [2.45, 2.75) is 110 Å². The first-order valence-corrected chi connectivity index (χ1v) is 15.3. The number of carbonyl (C=O) groups is 1. The number of nitro groups is 2. The number of hydrogen-bond acceptors (Lipinski definition) is 7. The topological polar surface area (TPSA) is 143 Å². The molecule has 0 saturated heterocycles. The molecule has 0 unspecified atom stereocenters. The molecule has 0 aliphatic carbocycles. The highest BCUT2D eigenvalue weighted by atomic mass is 16.6. The number of non-ortho nitro benzene ring substituents is 1. The predicted octanol–water partition coefficient (Wildman–Crippen LogP) is 7.76. The highest BCUT2D eigenvalue weighted by molar-refractivity contribution is 5.68. The smallest absolute Gasteiger partial charge is 0.410 e. The Morgan fingerprint density at radius 1 is 0.907 bits per heavy atom. The van der Waals surface area contributed by atoms with Crippen LogP contribution >= 0.6 is 0 Å². The molecule has 0 N–H and O–H groups in total. The summed E-state index contributed by atoms with van der Waals surface area (Å²) in [5, 5.41) is 31.4. The van der Waals surface area contributed by atoms with Gasteiger partial charge in [-0.1, -0.05) is 57.8 Å². The quantitative estimate of drug-likeness (QED) is 0.0697. The lowest BCUT2D eigenvalue weighted by molar-refractivity contribution is -0.601. The van der Waals surface area contributed by atoms with Gasteiger partial charge in [-0.2, -0.15) is 9.83 Å². The molecule has 43 heavy (non-hydrogen) atoms. The van der Waals surface area contributed by atoms with E-state index in [-0.39, 0.29) is 17.5 Å². The molecule has 0 saturated carbocycles. The summed E-state index contributed by atoms with van der Waals surface area (Å²) in [6.07, 6.45) is 16.9. The number of unbranched alkanes of at least 4 members (excludes halogenated alkanes) is 10. The molecule has 11 nitrogen and oxygen atoms in total. The van der Waals surface area contributed by atoms with Crippen molar-refractivity contribution >= 4 is 17.5 Å². The lowest BCUT2D eigenvalue weighted by Gasteiger charge is -2.27. The van der Waals surface area contributed by atoms with Crippen LogP contribution in [0.5, 0.6) is 0 Å². The molecule has 0 bridgehead atoms. The molecule has 2 rings (SSSR count). The van der Waals surface area contributed by atoms with Crippen molar-refractivity contribution in [1.82, 2.24) is 4.90 Å². The lowest BCUT2D eigenvalue weighted by atomic mass is 10.0. The van der Waals surface area contributed by atoms with Crippen molar-refractivity contribution in [1.29, 1.82) is 5.26 Å². The zero-order chi connectivity index (χ0) is 31.7. The number of nitro benzene ring substituents is 2. The van der Waals surface area contributed by atoms with Gasteiger partial charge in [-0.15, -0.1) is 0 Å². The van der Waals surface area contributed by atoms with E-state index in [1.807, 2.05) is 39.1 Å². The summed E-state index contributed by atoms with van der Waals surface area (Å²) in [4.78, 5) is 35.3. The molecule has 2 aromatic rings. The molecule has 0 aliphatic rings. The Kier molecular flexibility index (Phi) is 15.1. The minimum absolute atomic E-state index is 0.298. The second-order valence-corrected chi connectivity index (χ2v) is 11.8. The maximum Gasteiger partial charge on any atom is 0.410 e. The summed E-state index contributed by atoms with van der Waals surface area (Å²) >= 11 is 0. The number of nitrogens with zero attached hydrogens (tertiary/aromatic N) is 5. The summed E-state index contributed by atoms with van der Waals surface area (Å²) in [7, 11) is 0. The normalized spacial score (nSPS) is 11.1. The van der Waals surface area contributed by atoms with E-state index >= 15 is 0 Å². The van der Waals surface area contributed by atoms with Crippen molar-refractivity contribution in [3.63, 3.8) is 0 Å². The Morgan fingerprint density at radius 2 is 1.51 bits per heavy atom. The average molecular weight is 597 g/mol. The third-order valence-corrected chi connectivity index (χ3v) is 7.05. The third kappa shape index (κ3) is 13.6. The summed E-state index contributed by atoms with van der Waals surface area (Å²) in [5.74, 6) is 0. The Morgan fingerprint density at radius 3 is 2.07 bits per heavy atom. The van der Waals surface area contributed by atoms with Gasteiger partial charge in [0.15, 0.2) is 12.4 Å². The van der Waals surface area contributed by atoms with Crippen molar-refractivity contribution < 1.29 is 23.9 Å². The number of pyridine rings is 1. The van der Waals surface area contributed by atoms with Gasteiger partial charge in [0, 0.05) is 36.9 Å². The molecule has 1 aromatic carbocycles. The van der Waals surface area contributed by atoms with Gasteiger partial charge in [-0.05, 0) is 46.1 Å². The Bertz CT molecular complexity index is 1240. The van der Waals surface area contributed by atoms with Crippen LogP contribution in [0.1, 0.15) is 103 Å². The Balaban J connectivity index is 1.59. The fourth-order valence-corrected chi connectivity index (χ4v) is 4.84. The summed E-state index contributed by atoms with van der Waals surface area (Å²) in [6.45, 7) is 6.56. The van der Waals surface area contributed by atoms with Gasteiger partial charge in [0.25, 0.3) is 11.4 Å². The van der Waals surface area contributed by atoms with E-state index in [1.54, 1.807) is 15.7 Å². The number of ether oxygens (including phenoxy) is 1. The molecule has 0 aliphatic heterocycles. The largest absolute Gasteiger partial charge is 0.444 e. The van der Waals surface area contributed by atoms with Gasteiger partial charge < -0.3 is 9.64 Å². The van der Waals surface area contributed by atoms with Crippen LogP contribution in [0.15, 0.2) is 42.7 Å². The number of hydrogen-bond donors (Lipinski definition) is 0. The number of amides is 1. The number of carbonyl (C=O) groups excluding carboxylic acids is 1. The first kappa shape index (κ1) is 35.1. The second kappa shape index (κ2) is 18.5. The Labute approximate surface area is 254 Å². The highest BCUT2D eigenvalue weighted by Crippen LogP contribution is 2.25. The standard InChI is InChI=1S/C32H46N5O6/c1-32(2,3)43-31(38)34(24-16-21-33)22-14-12-10-8-6-4-5-7-9-11-13-17-27-18-15-23-35(26-27)29-20-19-28(36(39)40)25-30(29)37(41)42/h15,18-20,23,25-26H,4-14,16-17,22,24H2,1-3H3/q+1. The van der Waals surface area contributed by atoms with Gasteiger partial charge in [0.2, 0.25) is 0 Å². The Hall–Kier alpha value is -4.07. The summed E-state index contributed by atoms with van der Waals surface area (Å²) in [6, 6.07) is 9.63. The van der Waals surface area contributed by atoms with E-state index in [9.17, 15) is 25.0 Å². The van der Waals surface area contributed by atoms with Crippen LogP contribution < -0.4 is 4.57 Å². The van der Waals surface area contributed by atoms with Gasteiger partial charge in [-0.3, -0.25) is 20.2 Å². The van der Waals surface area contributed by atoms with Gasteiger partial charge in [-0.25, -0.2) is 4.79 Å². The van der Waals surface area contributed by atoms with E-state index in [2.05, 4.69) is 6.07 Å². The van der Waals surface area contributed by atoms with Gasteiger partial charge in [0.1, 0.15) is 11.7 Å². The molecule has 1 aromatic heterocycles. The number of benzene rings is 1. The molecule has 0 radical (unpaired) electrons. The van der Waals surface area contributed by atoms with Crippen molar-refractivity contribution in [3.8, 4) is 11.8 Å². The molecule has 11 heteroatoms. The van der Waals surface area contributed by atoms with Crippen molar-refractivity contribution in [2.24, 2.45) is 0 Å². The van der Waals surface area contributed by atoms with E-state index < -0.39 is 15.4 Å². The zero-order valence-corrected chi connectivity index (χ0v) is 25.8. The fraction of sp³-hybridized carbons (Fsp3) is 0.594. The second-order valence-electron chi connectivity index (χ2n) is 11.8. The molecule has 0 atom stereocenters. The van der Waals surface area contributed by atoms with Gasteiger partial charge in [0.05, 0.1) is 22.3 Å². The van der Waals surface area contributed by atoms with Crippen LogP contribution in [0.2, 0.25) is 0 Å². The van der Waals surface area contributed by atoms with E-state index in [0.29, 0.717) is 25.2 Å². The summed E-state index contributed by atoms with van der Waals surface area (Å²) < 4.78 is 7.11. The molecule has 0 fully saturated rings. The van der Waals surface area contributed by atoms with E-state index in [4.69, 9.17) is 10.00 Å². The monoisotopic (exact) mass is 596 g/mol. The predicted molar refractivity (Wildman–Crippen MR) is 164 cm³/mol. The highest BCUT2D eigenvalue weighted by Gasteiger charge is 2.26. The molecule has 1 amide bonds. The first-order chi connectivity index (χ1) is 20.5. The SMILES string of the molecule is CC(C)(C)OC(=O)N(CCC#N)CCCCCCCCCCCCCc1ccc[n+](-c2ccc([N+](=O)[O-])cc2[N+](=O)[O-])c1. The van der Waals surface area contributed by atoms with E-state index in [1.165, 1.54) is 50.7 Å². The van der Waals surface area contributed by atoms with Crippen LogP contribution in [0.25, 0.3) is 5.69 Å². The van der Waals surface area contributed by atoms with Crippen LogP contribution in [0.4, 0.5) is 16.2 Å². The van der Waals surface area contributed by atoms with Crippen LogP contribution in [-0.2, 0) is 11.2 Å². The van der Waals surface area contributed by atoms with Gasteiger partial charge >= 0.3 is 11.8 Å². The minimum Gasteiger partial charge on any atom is -0.444 e. The lowest BCUT2D eigenvalue weighted by Crippen LogP contribution is -2.38. The minimum atomic E-state index is -0.634. The number of rotatable bonds is 19. The molecular formula is C32H46N5O6+. The maximum atomic E-state index is 12.4. The molecule has 1 heterocycles. The fourth-order valence-electron chi connectivity index (χ4n) is 4.84. The number of nitriles is 1. The van der Waals surface area contributed by atoms with Crippen LogP contribution in [0.3, 0.4) is 0 Å². The zero-order valence-electron chi connectivity index (χ0n) is 25.8. The number of aryl methyl sites for hydroxylation is 1. The average Bonchev–Trinajstić information content (AvgIpc) is 2.95. The molecule has 234 valence electrons. The maximum absolute atomic E-state index is 12.4. The van der Waals surface area contributed by atoms with Crippen LogP contribution in [0, 0.1) is 31.6 Å². The molecular weight excluding hydrogens is 550 g/mol. The first-order valence-electron chi connectivity index (χ1n) is 15.3. The van der Waals surface area contributed by atoms with E-state index in [0.717, 1.165) is 50.2 Å². The number of aromatic nitrogens is 1. The molecule has 0 spiro atoms. The van der Waals surface area contributed by atoms with Crippen molar-refractivity contribution in [3.05, 3.63) is 68.5 Å². The third-order valence-electron chi connectivity index (χ3n) is 7.05. The summed E-state index contributed by atoms with van der Waals surface area (Å²) in [5.41, 5.74) is 0.220.